The van der Waals surface area contributed by atoms with Crippen molar-refractivity contribution in [2.75, 3.05) is 5.75 Å². The summed E-state index contributed by atoms with van der Waals surface area (Å²) in [7, 11) is 0. The number of pyridine rings is 1. The lowest BCUT2D eigenvalue weighted by Crippen LogP contribution is -2.23. The van der Waals surface area contributed by atoms with Crippen molar-refractivity contribution in [2.45, 2.75) is 11.6 Å². The standard InChI is InChI=1S/C17H15N5O2S/c23-12-22-16(13-7-9-18-10-8-13)20-21-17(22)25-11-15(24)19-14-5-3-1-2-4-6-14/h1-3,5-10,12H,4,11H2,(H,19,24). The Morgan fingerprint density at radius 1 is 1.28 bits per heavy atom. The predicted octanol–water partition coefficient (Wildman–Crippen LogP) is 1.99. The van der Waals surface area contributed by atoms with Gasteiger partial charge in [0.25, 0.3) is 0 Å². The molecule has 0 unspecified atom stereocenters. The van der Waals surface area contributed by atoms with Crippen LogP contribution in [0.3, 0.4) is 0 Å². The summed E-state index contributed by atoms with van der Waals surface area (Å²) in [4.78, 5) is 27.4. The van der Waals surface area contributed by atoms with Gasteiger partial charge < -0.3 is 5.32 Å². The third-order valence-corrected chi connectivity index (χ3v) is 4.26. The highest BCUT2D eigenvalue weighted by Crippen LogP contribution is 2.22. The van der Waals surface area contributed by atoms with E-state index in [1.165, 1.54) is 4.57 Å². The van der Waals surface area contributed by atoms with E-state index in [4.69, 9.17) is 0 Å². The minimum Gasteiger partial charge on any atom is -0.326 e. The molecule has 3 rings (SSSR count). The zero-order chi connectivity index (χ0) is 17.5. The Labute approximate surface area is 148 Å². The van der Waals surface area contributed by atoms with E-state index in [1.54, 1.807) is 24.5 Å². The van der Waals surface area contributed by atoms with E-state index in [0.717, 1.165) is 29.4 Å². The predicted molar refractivity (Wildman–Crippen MR) is 95.2 cm³/mol. The van der Waals surface area contributed by atoms with E-state index in [9.17, 15) is 9.59 Å². The van der Waals surface area contributed by atoms with Crippen molar-refractivity contribution in [3.63, 3.8) is 0 Å². The van der Waals surface area contributed by atoms with Crippen molar-refractivity contribution < 1.29 is 9.59 Å². The first-order valence-electron chi connectivity index (χ1n) is 7.54. The molecule has 0 aromatic carbocycles. The van der Waals surface area contributed by atoms with E-state index in [0.29, 0.717) is 17.4 Å². The molecule has 126 valence electrons. The fourth-order valence-corrected chi connectivity index (χ4v) is 2.87. The van der Waals surface area contributed by atoms with Gasteiger partial charge in [0.2, 0.25) is 12.3 Å². The van der Waals surface area contributed by atoms with Gasteiger partial charge in [-0.1, -0.05) is 36.1 Å². The second-order valence-electron chi connectivity index (χ2n) is 5.04. The monoisotopic (exact) mass is 353 g/mol. The minimum absolute atomic E-state index is 0.126. The molecule has 0 bridgehead atoms. The summed E-state index contributed by atoms with van der Waals surface area (Å²) in [6.45, 7) is 0. The fraction of sp³-hybridized carbons (Fsp3) is 0.118. The molecule has 1 aliphatic rings. The molecule has 2 aromatic heterocycles. The maximum absolute atomic E-state index is 12.1. The van der Waals surface area contributed by atoms with Crippen LogP contribution < -0.4 is 5.32 Å². The van der Waals surface area contributed by atoms with Gasteiger partial charge in [-0.3, -0.25) is 14.6 Å². The number of nitrogens with one attached hydrogen (secondary N) is 1. The molecular formula is C17H15N5O2S. The molecule has 0 radical (unpaired) electrons. The highest BCUT2D eigenvalue weighted by molar-refractivity contribution is 7.99. The first-order valence-corrected chi connectivity index (χ1v) is 8.53. The molecule has 7 nitrogen and oxygen atoms in total. The number of carbonyl (C=O) groups is 2. The lowest BCUT2D eigenvalue weighted by molar-refractivity contribution is -0.117. The van der Waals surface area contributed by atoms with Crippen molar-refractivity contribution in [1.29, 1.82) is 0 Å². The Morgan fingerprint density at radius 2 is 2.12 bits per heavy atom. The van der Waals surface area contributed by atoms with Crippen LogP contribution in [0.4, 0.5) is 0 Å². The first-order chi connectivity index (χ1) is 12.3. The molecule has 1 N–H and O–H groups in total. The molecule has 2 heterocycles. The molecule has 8 heteroatoms. The Balaban J connectivity index is 1.65. The number of amides is 1. The molecule has 0 atom stereocenters. The van der Waals surface area contributed by atoms with E-state index >= 15 is 0 Å². The quantitative estimate of drug-likeness (QED) is 0.631. The number of thioether (sulfide) groups is 1. The molecule has 0 fully saturated rings. The van der Waals surface area contributed by atoms with Crippen molar-refractivity contribution in [2.24, 2.45) is 0 Å². The Morgan fingerprint density at radius 3 is 2.92 bits per heavy atom. The highest BCUT2D eigenvalue weighted by atomic mass is 32.2. The van der Waals surface area contributed by atoms with E-state index < -0.39 is 0 Å². The van der Waals surface area contributed by atoms with Crippen molar-refractivity contribution >= 4 is 24.1 Å². The van der Waals surface area contributed by atoms with Crippen LogP contribution in [0.25, 0.3) is 11.4 Å². The third-order valence-electron chi connectivity index (χ3n) is 3.32. The molecule has 25 heavy (non-hydrogen) atoms. The van der Waals surface area contributed by atoms with E-state index in [2.05, 4.69) is 20.5 Å². The van der Waals surface area contributed by atoms with Crippen LogP contribution in [-0.4, -0.2) is 37.8 Å². The smallest absolute Gasteiger partial charge is 0.234 e. The van der Waals surface area contributed by atoms with Crippen LogP contribution in [0.1, 0.15) is 6.42 Å². The Bertz CT molecular complexity index is 855. The fourth-order valence-electron chi connectivity index (χ4n) is 2.17. The summed E-state index contributed by atoms with van der Waals surface area (Å²) in [6.07, 6.45) is 14.2. The number of hydrogen-bond acceptors (Lipinski definition) is 6. The molecular weight excluding hydrogens is 338 g/mol. The molecule has 2 aromatic rings. The van der Waals surface area contributed by atoms with Crippen LogP contribution in [0.15, 0.2) is 65.8 Å². The summed E-state index contributed by atoms with van der Waals surface area (Å²) in [5.74, 6) is 0.371. The summed E-state index contributed by atoms with van der Waals surface area (Å²) in [6, 6.07) is 3.48. The van der Waals surface area contributed by atoms with Gasteiger partial charge in [-0.25, -0.2) is 4.57 Å². The average molecular weight is 353 g/mol. The SMILES string of the molecule is O=Cn1c(SCC(=O)NC2=CCC=CC=C2)nnc1-c1ccncc1. The maximum Gasteiger partial charge on any atom is 0.234 e. The van der Waals surface area contributed by atoms with Gasteiger partial charge in [-0.15, -0.1) is 10.2 Å². The number of rotatable bonds is 6. The van der Waals surface area contributed by atoms with Crippen LogP contribution in [0.2, 0.25) is 0 Å². The van der Waals surface area contributed by atoms with Gasteiger partial charge in [-0.2, -0.15) is 0 Å². The summed E-state index contributed by atoms with van der Waals surface area (Å²) in [5.41, 5.74) is 1.48. The molecule has 0 saturated heterocycles. The molecule has 1 amide bonds. The maximum atomic E-state index is 12.1. The van der Waals surface area contributed by atoms with Gasteiger partial charge in [0.15, 0.2) is 11.0 Å². The Hall–Kier alpha value is -3.00. The molecule has 0 saturated carbocycles. The molecule has 0 spiro atoms. The normalized spacial score (nSPS) is 13.2. The number of allylic oxidation sites excluding steroid dienone is 5. The van der Waals surface area contributed by atoms with Crippen LogP contribution in [0.5, 0.6) is 0 Å². The van der Waals surface area contributed by atoms with E-state index in [-0.39, 0.29) is 11.7 Å². The van der Waals surface area contributed by atoms with Gasteiger partial charge in [0.05, 0.1) is 5.75 Å². The van der Waals surface area contributed by atoms with Gasteiger partial charge in [-0.05, 0) is 24.6 Å². The van der Waals surface area contributed by atoms with Crippen LogP contribution >= 0.6 is 11.8 Å². The minimum atomic E-state index is -0.172. The summed E-state index contributed by atoms with van der Waals surface area (Å²) >= 11 is 1.15. The van der Waals surface area contributed by atoms with Gasteiger partial charge >= 0.3 is 0 Å². The summed E-state index contributed by atoms with van der Waals surface area (Å²) in [5, 5.41) is 11.2. The Kier molecular flexibility index (Phi) is 5.53. The average Bonchev–Trinajstić information content (AvgIpc) is 2.89. The zero-order valence-corrected chi connectivity index (χ0v) is 14.0. The number of hydrogen-bond donors (Lipinski definition) is 1. The van der Waals surface area contributed by atoms with Gasteiger partial charge in [0.1, 0.15) is 0 Å². The number of nitrogens with zero attached hydrogens (tertiary/aromatic N) is 4. The van der Waals surface area contributed by atoms with Crippen LogP contribution in [0, 0.1) is 0 Å². The molecule has 1 aliphatic carbocycles. The first kappa shape index (κ1) is 16.8. The van der Waals surface area contributed by atoms with E-state index in [1.807, 2.05) is 30.4 Å². The second-order valence-corrected chi connectivity index (χ2v) is 5.98. The van der Waals surface area contributed by atoms with Crippen molar-refractivity contribution in [1.82, 2.24) is 25.1 Å². The van der Waals surface area contributed by atoms with Crippen LogP contribution in [-0.2, 0) is 9.59 Å². The second kappa shape index (κ2) is 8.20. The summed E-state index contributed by atoms with van der Waals surface area (Å²) < 4.78 is 1.32. The number of carbonyl (C=O) groups excluding carboxylic acids is 2. The lowest BCUT2D eigenvalue weighted by Gasteiger charge is -2.05. The van der Waals surface area contributed by atoms with Crippen molar-refractivity contribution in [3.05, 3.63) is 60.6 Å². The number of aromatic nitrogens is 4. The molecule has 0 aliphatic heterocycles. The highest BCUT2D eigenvalue weighted by Gasteiger charge is 2.15. The third kappa shape index (κ3) is 4.30. The van der Waals surface area contributed by atoms with Gasteiger partial charge in [0, 0.05) is 23.7 Å². The zero-order valence-electron chi connectivity index (χ0n) is 13.2. The largest absolute Gasteiger partial charge is 0.326 e. The lowest BCUT2D eigenvalue weighted by atomic mass is 10.2. The van der Waals surface area contributed by atoms with Crippen molar-refractivity contribution in [3.8, 4) is 11.4 Å². The topological polar surface area (TPSA) is 89.8 Å².